The molecule has 2 aromatic heterocycles. The standard InChI is InChI=1S/C20H16Cl2N2O2/c21-18-8-6-15(12-19(18)22)13-24(14-16-4-1-2-10-23-16)20(25)9-7-17-5-3-11-26-17/h1-12H,13-14H2/b9-7+. The third kappa shape index (κ3) is 4.97. The zero-order chi connectivity index (χ0) is 18.4. The Morgan fingerprint density at radius 3 is 2.65 bits per heavy atom. The highest BCUT2D eigenvalue weighted by atomic mass is 35.5. The summed E-state index contributed by atoms with van der Waals surface area (Å²) >= 11 is 12.1. The van der Waals surface area contributed by atoms with Crippen molar-refractivity contribution < 1.29 is 9.21 Å². The maximum Gasteiger partial charge on any atom is 0.247 e. The summed E-state index contributed by atoms with van der Waals surface area (Å²) in [5.41, 5.74) is 1.68. The second-order valence-electron chi connectivity index (χ2n) is 5.61. The highest BCUT2D eigenvalue weighted by molar-refractivity contribution is 6.42. The van der Waals surface area contributed by atoms with Crippen LogP contribution in [0.15, 0.2) is 71.5 Å². The third-order valence-corrected chi connectivity index (χ3v) is 4.42. The first-order chi connectivity index (χ1) is 12.6. The molecule has 6 heteroatoms. The van der Waals surface area contributed by atoms with Crippen molar-refractivity contribution in [1.29, 1.82) is 0 Å². The number of pyridine rings is 1. The normalized spacial score (nSPS) is 11.0. The van der Waals surface area contributed by atoms with Gasteiger partial charge in [0.25, 0.3) is 0 Å². The van der Waals surface area contributed by atoms with Crippen LogP contribution in [0.4, 0.5) is 0 Å². The lowest BCUT2D eigenvalue weighted by Crippen LogP contribution is -2.28. The minimum Gasteiger partial charge on any atom is -0.465 e. The molecule has 3 aromatic rings. The predicted octanol–water partition coefficient (Wildman–Crippen LogP) is 5.22. The van der Waals surface area contributed by atoms with E-state index in [1.807, 2.05) is 24.3 Å². The summed E-state index contributed by atoms with van der Waals surface area (Å²) in [5, 5.41) is 0.941. The van der Waals surface area contributed by atoms with Gasteiger partial charge in [0, 0.05) is 18.8 Å². The fraction of sp³-hybridized carbons (Fsp3) is 0.100. The summed E-state index contributed by atoms with van der Waals surface area (Å²) in [5.74, 6) is 0.462. The van der Waals surface area contributed by atoms with Gasteiger partial charge >= 0.3 is 0 Å². The molecule has 0 atom stereocenters. The largest absolute Gasteiger partial charge is 0.465 e. The van der Waals surface area contributed by atoms with Crippen molar-refractivity contribution in [2.45, 2.75) is 13.1 Å². The van der Waals surface area contributed by atoms with Gasteiger partial charge in [-0.05, 0) is 48.0 Å². The van der Waals surface area contributed by atoms with Crippen LogP contribution >= 0.6 is 23.2 Å². The lowest BCUT2D eigenvalue weighted by atomic mass is 10.2. The van der Waals surface area contributed by atoms with Gasteiger partial charge in [0.2, 0.25) is 5.91 Å². The summed E-state index contributed by atoms with van der Waals surface area (Å²) in [4.78, 5) is 18.7. The van der Waals surface area contributed by atoms with Gasteiger partial charge < -0.3 is 9.32 Å². The quantitative estimate of drug-likeness (QED) is 0.545. The minimum atomic E-state index is -0.155. The van der Waals surface area contributed by atoms with Gasteiger partial charge in [-0.15, -0.1) is 0 Å². The number of aromatic nitrogens is 1. The first-order valence-electron chi connectivity index (χ1n) is 7.96. The number of benzene rings is 1. The minimum absolute atomic E-state index is 0.155. The number of nitrogens with zero attached hydrogens (tertiary/aromatic N) is 2. The molecule has 0 aliphatic rings. The fourth-order valence-corrected chi connectivity index (χ4v) is 2.72. The van der Waals surface area contributed by atoms with Crippen LogP contribution in [0.3, 0.4) is 0 Å². The van der Waals surface area contributed by atoms with Gasteiger partial charge in [-0.2, -0.15) is 0 Å². The number of hydrogen-bond acceptors (Lipinski definition) is 3. The molecule has 26 heavy (non-hydrogen) atoms. The molecule has 0 saturated heterocycles. The summed E-state index contributed by atoms with van der Waals surface area (Å²) in [6.07, 6.45) is 6.39. The topological polar surface area (TPSA) is 46.3 Å². The summed E-state index contributed by atoms with van der Waals surface area (Å²) in [6.45, 7) is 0.761. The zero-order valence-corrected chi connectivity index (χ0v) is 15.3. The Morgan fingerprint density at radius 2 is 1.96 bits per heavy atom. The number of furan rings is 1. The number of carbonyl (C=O) groups is 1. The molecule has 0 radical (unpaired) electrons. The van der Waals surface area contributed by atoms with Crippen LogP contribution in [0.2, 0.25) is 10.0 Å². The number of amides is 1. The Hall–Kier alpha value is -2.56. The van der Waals surface area contributed by atoms with Gasteiger partial charge in [-0.3, -0.25) is 9.78 Å². The van der Waals surface area contributed by atoms with E-state index in [0.29, 0.717) is 28.9 Å². The maximum atomic E-state index is 12.7. The fourth-order valence-electron chi connectivity index (χ4n) is 2.40. The molecular weight excluding hydrogens is 371 g/mol. The molecule has 0 unspecified atom stereocenters. The number of carbonyl (C=O) groups excluding carboxylic acids is 1. The van der Waals surface area contributed by atoms with E-state index in [0.717, 1.165) is 11.3 Å². The van der Waals surface area contributed by atoms with Crippen molar-refractivity contribution in [3.63, 3.8) is 0 Å². The van der Waals surface area contributed by atoms with Crippen molar-refractivity contribution in [1.82, 2.24) is 9.88 Å². The molecule has 1 amide bonds. The van der Waals surface area contributed by atoms with Crippen molar-refractivity contribution in [2.75, 3.05) is 0 Å². The molecule has 132 valence electrons. The van der Waals surface area contributed by atoms with E-state index in [1.165, 1.54) is 6.08 Å². The average molecular weight is 387 g/mol. The molecule has 0 bridgehead atoms. The van der Waals surface area contributed by atoms with E-state index in [1.54, 1.807) is 47.7 Å². The summed E-state index contributed by atoms with van der Waals surface area (Å²) in [7, 11) is 0. The molecule has 0 fully saturated rings. The van der Waals surface area contributed by atoms with Crippen LogP contribution in [-0.4, -0.2) is 15.8 Å². The van der Waals surface area contributed by atoms with Gasteiger partial charge in [0.05, 0.1) is 28.5 Å². The van der Waals surface area contributed by atoms with Crippen molar-refractivity contribution in [3.05, 3.63) is 94.1 Å². The van der Waals surface area contributed by atoms with Crippen LogP contribution in [0.5, 0.6) is 0 Å². The Bertz CT molecular complexity index is 893. The SMILES string of the molecule is O=C(/C=C/c1ccco1)N(Cc1ccc(Cl)c(Cl)c1)Cc1ccccn1. The number of rotatable bonds is 6. The summed E-state index contributed by atoms with van der Waals surface area (Å²) < 4.78 is 5.23. The molecule has 0 saturated carbocycles. The monoisotopic (exact) mass is 386 g/mol. The second kappa shape index (κ2) is 8.70. The van der Waals surface area contributed by atoms with Gasteiger partial charge in [-0.1, -0.05) is 35.3 Å². The molecule has 0 aliphatic carbocycles. The Labute approximate surface area is 161 Å². The Balaban J connectivity index is 1.80. The number of halogens is 2. The van der Waals surface area contributed by atoms with Crippen molar-refractivity contribution in [2.24, 2.45) is 0 Å². The molecular formula is C20H16Cl2N2O2. The molecule has 4 nitrogen and oxygen atoms in total. The van der Waals surface area contributed by atoms with E-state index in [-0.39, 0.29) is 5.91 Å². The van der Waals surface area contributed by atoms with Gasteiger partial charge in [-0.25, -0.2) is 0 Å². The van der Waals surface area contributed by atoms with Crippen LogP contribution < -0.4 is 0 Å². The molecule has 2 heterocycles. The first-order valence-corrected chi connectivity index (χ1v) is 8.72. The third-order valence-electron chi connectivity index (χ3n) is 3.68. The lowest BCUT2D eigenvalue weighted by Gasteiger charge is -2.21. The van der Waals surface area contributed by atoms with Gasteiger partial charge in [0.1, 0.15) is 5.76 Å². The molecule has 3 rings (SSSR count). The Kier molecular flexibility index (Phi) is 6.10. The average Bonchev–Trinajstić information content (AvgIpc) is 3.17. The van der Waals surface area contributed by atoms with E-state index in [4.69, 9.17) is 27.6 Å². The predicted molar refractivity (Wildman–Crippen MR) is 103 cm³/mol. The smallest absolute Gasteiger partial charge is 0.247 e. The molecule has 0 N–H and O–H groups in total. The lowest BCUT2D eigenvalue weighted by molar-refractivity contribution is -0.127. The maximum absolute atomic E-state index is 12.7. The molecule has 0 aliphatic heterocycles. The van der Waals surface area contributed by atoms with Crippen LogP contribution in [0, 0.1) is 0 Å². The van der Waals surface area contributed by atoms with Crippen molar-refractivity contribution in [3.8, 4) is 0 Å². The Morgan fingerprint density at radius 1 is 1.08 bits per heavy atom. The van der Waals surface area contributed by atoms with Crippen LogP contribution in [0.1, 0.15) is 17.0 Å². The van der Waals surface area contributed by atoms with E-state index in [9.17, 15) is 4.79 Å². The molecule has 1 aromatic carbocycles. The van der Waals surface area contributed by atoms with Crippen LogP contribution in [0.25, 0.3) is 6.08 Å². The highest BCUT2D eigenvalue weighted by Crippen LogP contribution is 2.23. The van der Waals surface area contributed by atoms with E-state index in [2.05, 4.69) is 4.98 Å². The van der Waals surface area contributed by atoms with E-state index >= 15 is 0 Å². The van der Waals surface area contributed by atoms with Crippen LogP contribution in [-0.2, 0) is 17.9 Å². The molecule has 0 spiro atoms. The second-order valence-corrected chi connectivity index (χ2v) is 6.43. The highest BCUT2D eigenvalue weighted by Gasteiger charge is 2.14. The zero-order valence-electron chi connectivity index (χ0n) is 13.8. The van der Waals surface area contributed by atoms with Crippen molar-refractivity contribution >= 4 is 35.2 Å². The van der Waals surface area contributed by atoms with Gasteiger partial charge in [0.15, 0.2) is 0 Å². The first kappa shape index (κ1) is 18.2. The van der Waals surface area contributed by atoms with E-state index < -0.39 is 0 Å². The number of hydrogen-bond donors (Lipinski definition) is 0. The summed E-state index contributed by atoms with van der Waals surface area (Å²) in [6, 6.07) is 14.5.